The van der Waals surface area contributed by atoms with Gasteiger partial charge in [-0.1, -0.05) is 18.2 Å². The summed E-state index contributed by atoms with van der Waals surface area (Å²) in [5.41, 5.74) is 6.37. The van der Waals surface area contributed by atoms with Crippen LogP contribution < -0.4 is 5.73 Å². The molecule has 12 heavy (non-hydrogen) atoms. The van der Waals surface area contributed by atoms with Crippen molar-refractivity contribution in [1.82, 2.24) is 0 Å². The minimum absolute atomic E-state index is 0.0372. The van der Waals surface area contributed by atoms with Crippen molar-refractivity contribution < 1.29 is 10.2 Å². The molecule has 1 aromatic rings. The summed E-state index contributed by atoms with van der Waals surface area (Å²) in [7, 11) is 0. The van der Waals surface area contributed by atoms with E-state index in [1.165, 1.54) is 0 Å². The van der Waals surface area contributed by atoms with Crippen molar-refractivity contribution in [2.75, 3.05) is 6.61 Å². The van der Waals surface area contributed by atoms with Crippen molar-refractivity contribution in [3.05, 3.63) is 29.8 Å². The molecule has 0 bridgehead atoms. The van der Waals surface area contributed by atoms with Crippen molar-refractivity contribution >= 4 is 0 Å². The van der Waals surface area contributed by atoms with Crippen LogP contribution in [0.25, 0.3) is 0 Å². The summed E-state index contributed by atoms with van der Waals surface area (Å²) < 4.78 is 0. The molecule has 3 heteroatoms. The first-order valence-electron chi connectivity index (χ1n) is 3.90. The fourth-order valence-corrected chi connectivity index (χ4v) is 1.10. The maximum absolute atomic E-state index is 9.35. The lowest BCUT2D eigenvalue weighted by molar-refractivity contribution is 0.275. The van der Waals surface area contributed by atoms with E-state index < -0.39 is 0 Å². The monoisotopic (exact) mass is 167 g/mol. The summed E-state index contributed by atoms with van der Waals surface area (Å²) in [4.78, 5) is 0. The average molecular weight is 167 g/mol. The number of aliphatic hydroxyl groups excluding tert-OH is 1. The first kappa shape index (κ1) is 9.03. The number of phenolic OH excluding ortho intramolecular Hbond substituents is 1. The molecule has 1 rings (SSSR count). The Hall–Kier alpha value is -1.06. The average Bonchev–Trinajstić information content (AvgIpc) is 2.05. The van der Waals surface area contributed by atoms with Crippen LogP contribution >= 0.6 is 0 Å². The molecule has 1 aromatic carbocycles. The highest BCUT2D eigenvalue weighted by Crippen LogP contribution is 2.23. The molecule has 1 atom stereocenters. The van der Waals surface area contributed by atoms with Gasteiger partial charge in [-0.05, 0) is 12.5 Å². The van der Waals surface area contributed by atoms with E-state index in [2.05, 4.69) is 0 Å². The van der Waals surface area contributed by atoms with E-state index in [1.54, 1.807) is 18.2 Å². The Kier molecular flexibility index (Phi) is 3.08. The lowest BCUT2D eigenvalue weighted by Gasteiger charge is -2.11. The van der Waals surface area contributed by atoms with Crippen LogP contribution in [0.15, 0.2) is 24.3 Å². The Balaban J connectivity index is 2.79. The van der Waals surface area contributed by atoms with Crippen molar-refractivity contribution in [2.24, 2.45) is 5.73 Å². The van der Waals surface area contributed by atoms with Crippen molar-refractivity contribution in [3.8, 4) is 5.75 Å². The molecule has 4 N–H and O–H groups in total. The summed E-state index contributed by atoms with van der Waals surface area (Å²) in [6.07, 6.45) is 0.470. The first-order chi connectivity index (χ1) is 5.75. The van der Waals surface area contributed by atoms with E-state index >= 15 is 0 Å². The zero-order valence-electron chi connectivity index (χ0n) is 6.77. The number of rotatable bonds is 3. The fourth-order valence-electron chi connectivity index (χ4n) is 1.10. The van der Waals surface area contributed by atoms with Gasteiger partial charge in [0.1, 0.15) is 5.75 Å². The van der Waals surface area contributed by atoms with Crippen LogP contribution in [0, 0.1) is 0 Å². The maximum atomic E-state index is 9.35. The molecule has 66 valence electrons. The van der Waals surface area contributed by atoms with Gasteiger partial charge < -0.3 is 15.9 Å². The molecule has 0 spiro atoms. The van der Waals surface area contributed by atoms with Gasteiger partial charge in [0.05, 0.1) is 0 Å². The molecule has 0 amide bonds. The van der Waals surface area contributed by atoms with Gasteiger partial charge in [0.15, 0.2) is 0 Å². The lowest BCUT2D eigenvalue weighted by Crippen LogP contribution is -2.11. The molecule has 0 aliphatic heterocycles. The topological polar surface area (TPSA) is 66.5 Å². The number of phenols is 1. The minimum Gasteiger partial charge on any atom is -0.508 e. The highest BCUT2D eigenvalue weighted by molar-refractivity contribution is 5.34. The molecule has 0 aliphatic rings. The van der Waals surface area contributed by atoms with Crippen LogP contribution in [-0.4, -0.2) is 16.8 Å². The molecule has 0 unspecified atom stereocenters. The zero-order valence-corrected chi connectivity index (χ0v) is 6.77. The second-order valence-corrected chi connectivity index (χ2v) is 2.68. The molecule has 0 fully saturated rings. The Morgan fingerprint density at radius 3 is 2.58 bits per heavy atom. The van der Waals surface area contributed by atoms with Crippen LogP contribution in [0.5, 0.6) is 5.75 Å². The summed E-state index contributed by atoms with van der Waals surface area (Å²) in [6.45, 7) is 0.0372. The number of nitrogens with two attached hydrogens (primary N) is 1. The SMILES string of the molecule is N[C@@H](CCO)c1ccccc1O. The van der Waals surface area contributed by atoms with Crippen molar-refractivity contribution in [2.45, 2.75) is 12.5 Å². The Morgan fingerprint density at radius 1 is 1.33 bits per heavy atom. The van der Waals surface area contributed by atoms with E-state index in [9.17, 15) is 5.11 Å². The first-order valence-corrected chi connectivity index (χ1v) is 3.90. The Labute approximate surface area is 71.5 Å². The molecule has 0 aromatic heterocycles. The smallest absolute Gasteiger partial charge is 0.120 e. The second kappa shape index (κ2) is 4.09. The summed E-state index contributed by atoms with van der Waals surface area (Å²) in [6, 6.07) is 6.62. The molecule has 0 saturated carbocycles. The molecule has 0 heterocycles. The molecule has 0 saturated heterocycles. The third-order valence-electron chi connectivity index (χ3n) is 1.78. The van der Waals surface area contributed by atoms with Gasteiger partial charge in [0.2, 0.25) is 0 Å². The number of benzene rings is 1. The van der Waals surface area contributed by atoms with E-state index in [1.807, 2.05) is 6.07 Å². The van der Waals surface area contributed by atoms with E-state index in [0.717, 1.165) is 0 Å². The number of hydrogen-bond acceptors (Lipinski definition) is 3. The van der Waals surface area contributed by atoms with Crippen LogP contribution in [0.2, 0.25) is 0 Å². The van der Waals surface area contributed by atoms with Gasteiger partial charge >= 0.3 is 0 Å². The summed E-state index contributed by atoms with van der Waals surface area (Å²) >= 11 is 0. The summed E-state index contributed by atoms with van der Waals surface area (Å²) in [5.74, 6) is 0.193. The van der Waals surface area contributed by atoms with E-state index in [0.29, 0.717) is 12.0 Å². The third kappa shape index (κ3) is 1.96. The highest BCUT2D eigenvalue weighted by atomic mass is 16.3. The van der Waals surface area contributed by atoms with Gasteiger partial charge in [-0.2, -0.15) is 0 Å². The van der Waals surface area contributed by atoms with Gasteiger partial charge in [-0.25, -0.2) is 0 Å². The summed E-state index contributed by atoms with van der Waals surface area (Å²) in [5, 5.41) is 18.0. The predicted octanol–water partition coefficient (Wildman–Crippen LogP) is 0.774. The minimum atomic E-state index is -0.281. The predicted molar refractivity (Wildman–Crippen MR) is 46.7 cm³/mol. The third-order valence-corrected chi connectivity index (χ3v) is 1.78. The Morgan fingerprint density at radius 2 is 2.00 bits per heavy atom. The number of aromatic hydroxyl groups is 1. The normalized spacial score (nSPS) is 12.8. The molecule has 0 radical (unpaired) electrons. The van der Waals surface area contributed by atoms with Crippen molar-refractivity contribution in [1.29, 1.82) is 0 Å². The van der Waals surface area contributed by atoms with Crippen LogP contribution in [-0.2, 0) is 0 Å². The molecule has 3 nitrogen and oxygen atoms in total. The van der Waals surface area contributed by atoms with Gasteiger partial charge in [0, 0.05) is 18.2 Å². The van der Waals surface area contributed by atoms with Crippen LogP contribution in [0.1, 0.15) is 18.0 Å². The maximum Gasteiger partial charge on any atom is 0.120 e. The highest BCUT2D eigenvalue weighted by Gasteiger charge is 2.08. The lowest BCUT2D eigenvalue weighted by atomic mass is 10.0. The van der Waals surface area contributed by atoms with Crippen LogP contribution in [0.3, 0.4) is 0 Å². The largest absolute Gasteiger partial charge is 0.508 e. The fraction of sp³-hybridized carbons (Fsp3) is 0.333. The molecular weight excluding hydrogens is 154 g/mol. The van der Waals surface area contributed by atoms with Crippen molar-refractivity contribution in [3.63, 3.8) is 0 Å². The van der Waals surface area contributed by atoms with Gasteiger partial charge in [-0.15, -0.1) is 0 Å². The van der Waals surface area contributed by atoms with E-state index in [-0.39, 0.29) is 18.4 Å². The van der Waals surface area contributed by atoms with E-state index in [4.69, 9.17) is 10.8 Å². The van der Waals surface area contributed by atoms with Crippen LogP contribution in [0.4, 0.5) is 0 Å². The van der Waals surface area contributed by atoms with Gasteiger partial charge in [0.25, 0.3) is 0 Å². The number of para-hydroxylation sites is 1. The number of aliphatic hydroxyl groups is 1. The quantitative estimate of drug-likeness (QED) is 0.623. The van der Waals surface area contributed by atoms with Gasteiger partial charge in [-0.3, -0.25) is 0 Å². The number of hydrogen-bond donors (Lipinski definition) is 3. The molecule has 0 aliphatic carbocycles. The standard InChI is InChI=1S/C9H13NO2/c10-8(5-6-11)7-3-1-2-4-9(7)12/h1-4,8,11-12H,5-6,10H2/t8-/m0/s1. The molecular formula is C9H13NO2. The second-order valence-electron chi connectivity index (χ2n) is 2.68. The zero-order chi connectivity index (χ0) is 8.97. The Bertz CT molecular complexity index is 250.